The molecule has 0 amide bonds. The van der Waals surface area contributed by atoms with Gasteiger partial charge in [-0.05, 0) is 25.7 Å². The lowest BCUT2D eigenvalue weighted by molar-refractivity contribution is 0.402. The minimum atomic E-state index is 0.767. The quantitative estimate of drug-likeness (QED) is 0.507. The van der Waals surface area contributed by atoms with Crippen molar-refractivity contribution in [3.05, 3.63) is 12.2 Å². The summed E-state index contributed by atoms with van der Waals surface area (Å²) >= 11 is 0. The molecule has 2 aliphatic carbocycles. The summed E-state index contributed by atoms with van der Waals surface area (Å²) in [6.07, 6.45) is 15.8. The summed E-state index contributed by atoms with van der Waals surface area (Å²) in [4.78, 5) is 0. The molecule has 0 aromatic rings. The van der Waals surface area contributed by atoms with Crippen molar-refractivity contribution in [3.63, 3.8) is 0 Å². The van der Waals surface area contributed by atoms with Gasteiger partial charge in [0.1, 0.15) is 0 Å². The molecule has 0 saturated heterocycles. The third-order valence-corrected chi connectivity index (χ3v) is 3.33. The zero-order valence-corrected chi connectivity index (χ0v) is 8.47. The number of nitrogens with one attached hydrogen (secondary N) is 1. The lowest BCUT2D eigenvalue weighted by Gasteiger charge is -2.21. The first-order chi connectivity index (χ1) is 6.45. The number of hydrogen-bond acceptors (Lipinski definition) is 1. The van der Waals surface area contributed by atoms with E-state index >= 15 is 0 Å². The van der Waals surface area contributed by atoms with E-state index in [1.807, 2.05) is 0 Å². The predicted octanol–water partition coefficient (Wildman–Crippen LogP) is 3.02. The van der Waals surface area contributed by atoms with Crippen LogP contribution in [-0.4, -0.2) is 12.1 Å². The van der Waals surface area contributed by atoms with Crippen LogP contribution >= 0.6 is 0 Å². The van der Waals surface area contributed by atoms with Crippen LogP contribution in [-0.2, 0) is 0 Å². The van der Waals surface area contributed by atoms with Crippen LogP contribution < -0.4 is 5.32 Å². The second-order valence-corrected chi connectivity index (χ2v) is 4.49. The predicted molar refractivity (Wildman–Crippen MR) is 56.8 cm³/mol. The van der Waals surface area contributed by atoms with Gasteiger partial charge in [-0.2, -0.15) is 0 Å². The van der Waals surface area contributed by atoms with Crippen molar-refractivity contribution < 1.29 is 0 Å². The van der Waals surface area contributed by atoms with Crippen molar-refractivity contribution >= 4 is 0 Å². The molecule has 0 aliphatic heterocycles. The molecule has 1 saturated carbocycles. The van der Waals surface area contributed by atoms with E-state index in [1.54, 1.807) is 0 Å². The molecule has 0 spiro atoms. The zero-order valence-electron chi connectivity index (χ0n) is 8.47. The Labute approximate surface area is 81.6 Å². The zero-order chi connectivity index (χ0) is 8.93. The van der Waals surface area contributed by atoms with Crippen molar-refractivity contribution in [1.82, 2.24) is 5.32 Å². The van der Waals surface area contributed by atoms with Crippen molar-refractivity contribution in [3.8, 4) is 0 Å². The third-order valence-electron chi connectivity index (χ3n) is 3.33. The van der Waals surface area contributed by atoms with Gasteiger partial charge in [-0.1, -0.05) is 37.8 Å². The minimum Gasteiger partial charge on any atom is -0.311 e. The Morgan fingerprint density at radius 3 is 2.00 bits per heavy atom. The summed E-state index contributed by atoms with van der Waals surface area (Å²) in [7, 11) is 0. The normalized spacial score (nSPS) is 26.5. The monoisotopic (exact) mass is 179 g/mol. The first-order valence-corrected chi connectivity index (χ1v) is 5.86. The second-order valence-electron chi connectivity index (χ2n) is 4.49. The first-order valence-electron chi connectivity index (χ1n) is 5.86. The van der Waals surface area contributed by atoms with Gasteiger partial charge in [-0.15, -0.1) is 0 Å². The molecule has 0 aromatic carbocycles. The van der Waals surface area contributed by atoms with Gasteiger partial charge in [-0.25, -0.2) is 0 Å². The Morgan fingerprint density at radius 2 is 1.38 bits per heavy atom. The van der Waals surface area contributed by atoms with Gasteiger partial charge in [-0.3, -0.25) is 0 Å². The molecule has 2 aliphatic rings. The molecule has 0 aromatic heterocycles. The van der Waals surface area contributed by atoms with E-state index in [-0.39, 0.29) is 0 Å². The molecule has 0 radical (unpaired) electrons. The molecule has 1 heteroatoms. The fourth-order valence-electron chi connectivity index (χ4n) is 2.53. The van der Waals surface area contributed by atoms with E-state index in [2.05, 4.69) is 17.5 Å². The molecule has 2 rings (SSSR count). The molecule has 0 atom stereocenters. The van der Waals surface area contributed by atoms with Crippen LogP contribution in [0.3, 0.4) is 0 Å². The maximum Gasteiger partial charge on any atom is 0.0139 e. The minimum absolute atomic E-state index is 0.767. The van der Waals surface area contributed by atoms with Crippen LogP contribution in [0, 0.1) is 0 Å². The van der Waals surface area contributed by atoms with Gasteiger partial charge in [0.2, 0.25) is 0 Å². The van der Waals surface area contributed by atoms with Crippen LogP contribution in [0.4, 0.5) is 0 Å². The van der Waals surface area contributed by atoms with Gasteiger partial charge in [0, 0.05) is 12.1 Å². The Kier molecular flexibility index (Phi) is 3.42. The van der Waals surface area contributed by atoms with Gasteiger partial charge in [0.25, 0.3) is 0 Å². The molecule has 0 bridgehead atoms. The fourth-order valence-corrected chi connectivity index (χ4v) is 2.53. The average molecular weight is 179 g/mol. The summed E-state index contributed by atoms with van der Waals surface area (Å²) in [6.45, 7) is 0. The van der Waals surface area contributed by atoms with E-state index in [1.165, 1.54) is 51.4 Å². The summed E-state index contributed by atoms with van der Waals surface area (Å²) in [5, 5.41) is 3.80. The molecule has 13 heavy (non-hydrogen) atoms. The topological polar surface area (TPSA) is 12.0 Å². The number of rotatable bonds is 2. The van der Waals surface area contributed by atoms with Gasteiger partial charge in [0.15, 0.2) is 0 Å². The smallest absolute Gasteiger partial charge is 0.0139 e. The Hall–Kier alpha value is -0.300. The van der Waals surface area contributed by atoms with Gasteiger partial charge < -0.3 is 5.32 Å². The highest BCUT2D eigenvalue weighted by atomic mass is 14.9. The van der Waals surface area contributed by atoms with Gasteiger partial charge in [0.05, 0.1) is 0 Å². The van der Waals surface area contributed by atoms with E-state index in [9.17, 15) is 0 Å². The molecule has 74 valence electrons. The van der Waals surface area contributed by atoms with Crippen LogP contribution in [0.5, 0.6) is 0 Å². The Morgan fingerprint density at radius 1 is 0.769 bits per heavy atom. The lowest BCUT2D eigenvalue weighted by atomic mass is 10.1. The SMILES string of the molecule is C1=CCC(NC2CCCCCC2)C1. The molecule has 1 N–H and O–H groups in total. The molecular weight excluding hydrogens is 158 g/mol. The van der Waals surface area contributed by atoms with Crippen molar-refractivity contribution in [2.45, 2.75) is 63.5 Å². The van der Waals surface area contributed by atoms with Crippen molar-refractivity contribution in [1.29, 1.82) is 0 Å². The first kappa shape index (κ1) is 9.26. The maximum absolute atomic E-state index is 3.80. The maximum atomic E-state index is 3.80. The second kappa shape index (κ2) is 4.80. The van der Waals surface area contributed by atoms with Gasteiger partial charge >= 0.3 is 0 Å². The standard InChI is InChI=1S/C12H21N/c1-2-4-8-11(7-3-1)13-12-9-5-6-10-12/h5-6,11-13H,1-4,7-10H2. The van der Waals surface area contributed by atoms with E-state index in [4.69, 9.17) is 0 Å². The fraction of sp³-hybridized carbons (Fsp3) is 0.833. The molecule has 1 fully saturated rings. The molecular formula is C12H21N. The van der Waals surface area contributed by atoms with Crippen LogP contribution in [0.25, 0.3) is 0 Å². The van der Waals surface area contributed by atoms with E-state index in [0.717, 1.165) is 12.1 Å². The Bertz CT molecular complexity index is 158. The van der Waals surface area contributed by atoms with E-state index in [0.29, 0.717) is 0 Å². The summed E-state index contributed by atoms with van der Waals surface area (Å²) in [5.41, 5.74) is 0. The molecule has 0 heterocycles. The summed E-state index contributed by atoms with van der Waals surface area (Å²) in [6, 6.07) is 1.59. The van der Waals surface area contributed by atoms with Crippen LogP contribution in [0.15, 0.2) is 12.2 Å². The highest BCUT2D eigenvalue weighted by Gasteiger charge is 2.17. The third kappa shape index (κ3) is 2.84. The highest BCUT2D eigenvalue weighted by Crippen LogP contribution is 2.19. The summed E-state index contributed by atoms with van der Waals surface area (Å²) in [5.74, 6) is 0. The lowest BCUT2D eigenvalue weighted by Crippen LogP contribution is -2.36. The Balaban J connectivity index is 1.72. The number of hydrogen-bond donors (Lipinski definition) is 1. The average Bonchev–Trinajstić information content (AvgIpc) is 2.49. The van der Waals surface area contributed by atoms with Crippen molar-refractivity contribution in [2.75, 3.05) is 0 Å². The highest BCUT2D eigenvalue weighted by molar-refractivity contribution is 4.98. The van der Waals surface area contributed by atoms with Crippen LogP contribution in [0.2, 0.25) is 0 Å². The molecule has 0 unspecified atom stereocenters. The summed E-state index contributed by atoms with van der Waals surface area (Å²) < 4.78 is 0. The molecule has 1 nitrogen and oxygen atoms in total. The van der Waals surface area contributed by atoms with Crippen molar-refractivity contribution in [2.24, 2.45) is 0 Å². The van der Waals surface area contributed by atoms with E-state index < -0.39 is 0 Å². The largest absolute Gasteiger partial charge is 0.311 e. The van der Waals surface area contributed by atoms with Crippen LogP contribution in [0.1, 0.15) is 51.4 Å².